The van der Waals surface area contributed by atoms with E-state index in [1.54, 1.807) is 25.1 Å². The Morgan fingerprint density at radius 1 is 1.12 bits per heavy atom. The van der Waals surface area contributed by atoms with Crippen molar-refractivity contribution in [2.75, 3.05) is 5.32 Å². The summed E-state index contributed by atoms with van der Waals surface area (Å²) < 4.78 is 1.41. The van der Waals surface area contributed by atoms with E-state index in [9.17, 15) is 9.59 Å². The van der Waals surface area contributed by atoms with E-state index >= 15 is 0 Å². The van der Waals surface area contributed by atoms with E-state index < -0.39 is 0 Å². The van der Waals surface area contributed by atoms with Gasteiger partial charge in [-0.3, -0.25) is 14.2 Å². The topological polar surface area (TPSA) is 64.0 Å². The number of anilines is 1. The van der Waals surface area contributed by atoms with Gasteiger partial charge < -0.3 is 5.32 Å². The lowest BCUT2D eigenvalue weighted by Gasteiger charge is -2.12. The molecule has 5 nitrogen and oxygen atoms in total. The number of hydrogen-bond donors (Lipinski definition) is 1. The highest BCUT2D eigenvalue weighted by Crippen LogP contribution is 2.16. The van der Waals surface area contributed by atoms with Crippen molar-refractivity contribution in [1.29, 1.82) is 0 Å². The molecule has 24 heavy (non-hydrogen) atoms. The van der Waals surface area contributed by atoms with Gasteiger partial charge in [0.25, 0.3) is 5.56 Å². The molecule has 0 saturated carbocycles. The van der Waals surface area contributed by atoms with Gasteiger partial charge in [0.1, 0.15) is 12.4 Å². The van der Waals surface area contributed by atoms with Crippen LogP contribution < -0.4 is 10.9 Å². The molecule has 0 saturated heterocycles. The average Bonchev–Trinajstić information content (AvgIpc) is 2.55. The first-order chi connectivity index (χ1) is 11.5. The third-order valence-corrected chi connectivity index (χ3v) is 4.02. The number of nitrogens with zero attached hydrogens (tertiary/aromatic N) is 2. The van der Waals surface area contributed by atoms with Gasteiger partial charge in [-0.25, -0.2) is 4.98 Å². The molecule has 1 amide bonds. The third-order valence-electron chi connectivity index (χ3n) is 4.02. The fraction of sp³-hybridized carbons (Fsp3) is 0.211. The minimum atomic E-state index is -0.244. The summed E-state index contributed by atoms with van der Waals surface area (Å²) in [4.78, 5) is 29.4. The maximum Gasteiger partial charge on any atom is 0.261 e. The van der Waals surface area contributed by atoms with Crippen LogP contribution in [-0.4, -0.2) is 15.5 Å². The highest BCUT2D eigenvalue weighted by Gasteiger charge is 2.12. The van der Waals surface area contributed by atoms with E-state index in [2.05, 4.69) is 10.3 Å². The maximum atomic E-state index is 12.6. The van der Waals surface area contributed by atoms with Gasteiger partial charge in [-0.2, -0.15) is 0 Å². The molecule has 122 valence electrons. The number of aryl methyl sites for hydroxylation is 3. The molecule has 3 rings (SSSR count). The molecule has 0 aliphatic rings. The minimum Gasteiger partial charge on any atom is -0.324 e. The number of carbonyl (C=O) groups excluding carboxylic acids is 1. The number of aromatic nitrogens is 2. The van der Waals surface area contributed by atoms with Crippen LogP contribution in [0.5, 0.6) is 0 Å². The zero-order valence-electron chi connectivity index (χ0n) is 14.0. The van der Waals surface area contributed by atoms with Gasteiger partial charge in [-0.05, 0) is 50.1 Å². The fourth-order valence-corrected chi connectivity index (χ4v) is 2.67. The second-order valence-corrected chi connectivity index (χ2v) is 5.93. The first-order valence-corrected chi connectivity index (χ1v) is 7.79. The SMILES string of the molecule is Cc1ccc(C)c(NC(=O)Cn2c(C)nc3ccccc3c2=O)c1. The number of hydrogen-bond acceptors (Lipinski definition) is 3. The molecule has 0 fully saturated rings. The van der Waals surface area contributed by atoms with Crippen molar-refractivity contribution in [1.82, 2.24) is 9.55 Å². The van der Waals surface area contributed by atoms with Crippen LogP contribution in [0, 0.1) is 20.8 Å². The predicted octanol–water partition coefficient (Wildman–Crippen LogP) is 2.96. The van der Waals surface area contributed by atoms with Crippen molar-refractivity contribution in [3.05, 3.63) is 69.8 Å². The van der Waals surface area contributed by atoms with Crippen LogP contribution in [0.2, 0.25) is 0 Å². The Morgan fingerprint density at radius 2 is 1.88 bits per heavy atom. The van der Waals surface area contributed by atoms with Gasteiger partial charge >= 0.3 is 0 Å². The molecule has 1 aromatic heterocycles. The first-order valence-electron chi connectivity index (χ1n) is 7.79. The van der Waals surface area contributed by atoms with E-state index in [-0.39, 0.29) is 18.0 Å². The summed E-state index contributed by atoms with van der Waals surface area (Å²) in [6.45, 7) is 5.58. The van der Waals surface area contributed by atoms with Crippen LogP contribution in [-0.2, 0) is 11.3 Å². The molecule has 0 radical (unpaired) electrons. The molecule has 0 aliphatic carbocycles. The van der Waals surface area contributed by atoms with Gasteiger partial charge in [0.05, 0.1) is 10.9 Å². The van der Waals surface area contributed by atoms with Crippen LogP contribution in [0.1, 0.15) is 17.0 Å². The lowest BCUT2D eigenvalue weighted by atomic mass is 10.1. The van der Waals surface area contributed by atoms with Gasteiger partial charge in [0.15, 0.2) is 0 Å². The zero-order valence-corrected chi connectivity index (χ0v) is 14.0. The molecule has 0 aliphatic heterocycles. The highest BCUT2D eigenvalue weighted by molar-refractivity contribution is 5.91. The largest absolute Gasteiger partial charge is 0.324 e. The number of rotatable bonds is 3. The average molecular weight is 321 g/mol. The molecule has 0 atom stereocenters. The third kappa shape index (κ3) is 3.06. The van der Waals surface area contributed by atoms with Crippen LogP contribution in [0.3, 0.4) is 0 Å². The lowest BCUT2D eigenvalue weighted by molar-refractivity contribution is -0.116. The second kappa shape index (κ2) is 6.28. The highest BCUT2D eigenvalue weighted by atomic mass is 16.2. The van der Waals surface area contributed by atoms with E-state index in [0.717, 1.165) is 16.8 Å². The molecule has 0 bridgehead atoms. The molecule has 0 unspecified atom stereocenters. The number of carbonyl (C=O) groups is 1. The van der Waals surface area contributed by atoms with Gasteiger partial charge in [-0.1, -0.05) is 24.3 Å². The molecule has 1 heterocycles. The summed E-state index contributed by atoms with van der Waals surface area (Å²) in [5, 5.41) is 3.39. The Hall–Kier alpha value is -2.95. The summed E-state index contributed by atoms with van der Waals surface area (Å²) in [5.74, 6) is 0.279. The Kier molecular flexibility index (Phi) is 4.16. The quantitative estimate of drug-likeness (QED) is 0.806. The monoisotopic (exact) mass is 321 g/mol. The molecular weight excluding hydrogens is 302 g/mol. The Bertz CT molecular complexity index is 990. The number of nitrogens with one attached hydrogen (secondary N) is 1. The van der Waals surface area contributed by atoms with Crippen LogP contribution in [0.15, 0.2) is 47.3 Å². The summed E-state index contributed by atoms with van der Waals surface area (Å²) in [6, 6.07) is 13.0. The Morgan fingerprint density at radius 3 is 2.67 bits per heavy atom. The molecule has 1 N–H and O–H groups in total. The zero-order chi connectivity index (χ0) is 17.3. The predicted molar refractivity (Wildman–Crippen MR) is 95.3 cm³/mol. The molecule has 0 spiro atoms. The van der Waals surface area contributed by atoms with Crippen molar-refractivity contribution >= 4 is 22.5 Å². The van der Waals surface area contributed by atoms with Gasteiger partial charge in [0, 0.05) is 5.69 Å². The Labute approximate surface area is 140 Å². The second-order valence-electron chi connectivity index (χ2n) is 5.93. The van der Waals surface area contributed by atoms with Crippen molar-refractivity contribution < 1.29 is 4.79 Å². The number of amides is 1. The van der Waals surface area contributed by atoms with Crippen LogP contribution in [0.4, 0.5) is 5.69 Å². The summed E-state index contributed by atoms with van der Waals surface area (Å²) in [5.41, 5.74) is 3.26. The minimum absolute atomic E-state index is 0.0596. The summed E-state index contributed by atoms with van der Waals surface area (Å²) in [6.07, 6.45) is 0. The number of benzene rings is 2. The fourth-order valence-electron chi connectivity index (χ4n) is 2.67. The van der Waals surface area contributed by atoms with Crippen LogP contribution >= 0.6 is 0 Å². The molecular formula is C19H19N3O2. The number of para-hydroxylation sites is 1. The van der Waals surface area contributed by atoms with Crippen molar-refractivity contribution in [2.24, 2.45) is 0 Å². The van der Waals surface area contributed by atoms with Gasteiger partial charge in [0.2, 0.25) is 5.91 Å². The normalized spacial score (nSPS) is 10.8. The number of fused-ring (bicyclic) bond motifs is 1. The Balaban J connectivity index is 1.91. The molecule has 5 heteroatoms. The van der Waals surface area contributed by atoms with Gasteiger partial charge in [-0.15, -0.1) is 0 Å². The summed E-state index contributed by atoms with van der Waals surface area (Å²) >= 11 is 0. The van der Waals surface area contributed by atoms with Crippen LogP contribution in [0.25, 0.3) is 10.9 Å². The molecule has 2 aromatic carbocycles. The van der Waals surface area contributed by atoms with E-state index in [1.165, 1.54) is 4.57 Å². The smallest absolute Gasteiger partial charge is 0.261 e. The first kappa shape index (κ1) is 15.9. The van der Waals surface area contributed by atoms with Crippen molar-refractivity contribution in [3.63, 3.8) is 0 Å². The van der Waals surface area contributed by atoms with E-state index in [1.807, 2.05) is 38.1 Å². The lowest BCUT2D eigenvalue weighted by Crippen LogP contribution is -2.30. The van der Waals surface area contributed by atoms with Crippen molar-refractivity contribution in [2.45, 2.75) is 27.3 Å². The standard InChI is InChI=1S/C19H19N3O2/c1-12-8-9-13(2)17(10-12)21-18(23)11-22-14(3)20-16-7-5-4-6-15(16)19(22)24/h4-10H,11H2,1-3H3,(H,21,23). The van der Waals surface area contributed by atoms with E-state index in [0.29, 0.717) is 16.7 Å². The summed E-state index contributed by atoms with van der Waals surface area (Å²) in [7, 11) is 0. The van der Waals surface area contributed by atoms with E-state index in [4.69, 9.17) is 0 Å². The molecule has 3 aromatic rings. The maximum absolute atomic E-state index is 12.6. The van der Waals surface area contributed by atoms with Crippen molar-refractivity contribution in [3.8, 4) is 0 Å².